The Labute approximate surface area is 100 Å². The summed E-state index contributed by atoms with van der Waals surface area (Å²) in [6.07, 6.45) is 2.31. The molecule has 0 spiro atoms. The SMILES string of the molecule is CC(C)Cc1cccc(C(=O)c2ncn[nH]2)c1. The van der Waals surface area contributed by atoms with Gasteiger partial charge in [-0.25, -0.2) is 4.98 Å². The van der Waals surface area contributed by atoms with E-state index in [0.717, 1.165) is 6.42 Å². The van der Waals surface area contributed by atoms with Crippen LogP contribution in [-0.4, -0.2) is 21.0 Å². The fraction of sp³-hybridized carbons (Fsp3) is 0.308. The monoisotopic (exact) mass is 229 g/mol. The number of hydrogen-bond donors (Lipinski definition) is 1. The highest BCUT2D eigenvalue weighted by atomic mass is 16.1. The first-order valence-electron chi connectivity index (χ1n) is 5.66. The lowest BCUT2D eigenvalue weighted by Gasteiger charge is -2.06. The first-order valence-corrected chi connectivity index (χ1v) is 5.66. The molecular weight excluding hydrogens is 214 g/mol. The van der Waals surface area contributed by atoms with E-state index in [-0.39, 0.29) is 11.6 Å². The molecule has 0 bridgehead atoms. The summed E-state index contributed by atoms with van der Waals surface area (Å²) in [5.41, 5.74) is 1.82. The van der Waals surface area contributed by atoms with Crippen LogP contribution < -0.4 is 0 Å². The molecular formula is C13H15N3O. The van der Waals surface area contributed by atoms with Crippen molar-refractivity contribution < 1.29 is 4.79 Å². The zero-order chi connectivity index (χ0) is 12.3. The van der Waals surface area contributed by atoms with Crippen LogP contribution in [0.2, 0.25) is 0 Å². The van der Waals surface area contributed by atoms with Crippen LogP contribution in [0.3, 0.4) is 0 Å². The van der Waals surface area contributed by atoms with Crippen LogP contribution in [0.1, 0.15) is 35.6 Å². The van der Waals surface area contributed by atoms with Crippen molar-refractivity contribution in [1.82, 2.24) is 15.2 Å². The molecule has 0 aliphatic rings. The first kappa shape index (κ1) is 11.5. The molecule has 0 saturated heterocycles. The molecule has 0 saturated carbocycles. The van der Waals surface area contributed by atoms with Gasteiger partial charge in [-0.2, -0.15) is 5.10 Å². The van der Waals surface area contributed by atoms with Gasteiger partial charge in [0.05, 0.1) is 0 Å². The van der Waals surface area contributed by atoms with E-state index in [0.29, 0.717) is 11.5 Å². The molecule has 1 aromatic heterocycles. The van der Waals surface area contributed by atoms with Gasteiger partial charge in [0.15, 0.2) is 5.82 Å². The summed E-state index contributed by atoms with van der Waals surface area (Å²) in [6.45, 7) is 4.32. The Balaban J connectivity index is 2.24. The molecule has 0 radical (unpaired) electrons. The van der Waals surface area contributed by atoms with Crippen molar-refractivity contribution in [1.29, 1.82) is 0 Å². The summed E-state index contributed by atoms with van der Waals surface area (Å²) < 4.78 is 0. The maximum atomic E-state index is 12.0. The number of carbonyl (C=O) groups is 1. The molecule has 17 heavy (non-hydrogen) atoms. The van der Waals surface area contributed by atoms with Crippen molar-refractivity contribution in [2.75, 3.05) is 0 Å². The molecule has 4 heteroatoms. The van der Waals surface area contributed by atoms with E-state index in [4.69, 9.17) is 0 Å². The standard InChI is InChI=1S/C13H15N3O/c1-9(2)6-10-4-3-5-11(7-10)12(17)13-14-8-15-16-13/h3-5,7-9H,6H2,1-2H3,(H,14,15,16). The Kier molecular flexibility index (Phi) is 3.32. The summed E-state index contributed by atoms with van der Waals surface area (Å²) in [6, 6.07) is 7.66. The molecule has 2 aromatic rings. The van der Waals surface area contributed by atoms with Gasteiger partial charge < -0.3 is 0 Å². The fourth-order valence-electron chi connectivity index (χ4n) is 1.76. The smallest absolute Gasteiger partial charge is 0.229 e. The highest BCUT2D eigenvalue weighted by Gasteiger charge is 2.12. The number of ketones is 1. The largest absolute Gasteiger partial charge is 0.285 e. The molecule has 0 aliphatic heterocycles. The first-order chi connectivity index (χ1) is 8.16. The van der Waals surface area contributed by atoms with Gasteiger partial charge in [-0.3, -0.25) is 9.89 Å². The average molecular weight is 229 g/mol. The maximum absolute atomic E-state index is 12.0. The highest BCUT2D eigenvalue weighted by molar-refractivity contribution is 6.06. The summed E-state index contributed by atoms with van der Waals surface area (Å²) in [5.74, 6) is 0.741. The molecule has 88 valence electrons. The number of aromatic amines is 1. The lowest BCUT2D eigenvalue weighted by atomic mass is 9.99. The zero-order valence-electron chi connectivity index (χ0n) is 9.97. The van der Waals surface area contributed by atoms with Crippen LogP contribution in [0.25, 0.3) is 0 Å². The van der Waals surface area contributed by atoms with Gasteiger partial charge in [0.2, 0.25) is 5.78 Å². The topological polar surface area (TPSA) is 58.6 Å². The van der Waals surface area contributed by atoms with Gasteiger partial charge in [-0.15, -0.1) is 0 Å². The summed E-state index contributed by atoms with van der Waals surface area (Å²) in [4.78, 5) is 15.9. The minimum absolute atomic E-state index is 0.117. The zero-order valence-corrected chi connectivity index (χ0v) is 9.97. The molecule has 0 aliphatic carbocycles. The molecule has 0 unspecified atom stereocenters. The van der Waals surface area contributed by atoms with Crippen LogP contribution in [0.15, 0.2) is 30.6 Å². The number of carbonyl (C=O) groups excluding carboxylic acids is 1. The lowest BCUT2D eigenvalue weighted by molar-refractivity contribution is 0.102. The second-order valence-electron chi connectivity index (χ2n) is 4.46. The van der Waals surface area contributed by atoms with E-state index in [2.05, 4.69) is 29.0 Å². The van der Waals surface area contributed by atoms with Crippen LogP contribution in [0, 0.1) is 5.92 Å². The van der Waals surface area contributed by atoms with E-state index >= 15 is 0 Å². The van der Waals surface area contributed by atoms with Crippen molar-refractivity contribution in [2.24, 2.45) is 5.92 Å². The Morgan fingerprint density at radius 3 is 2.88 bits per heavy atom. The van der Waals surface area contributed by atoms with Gasteiger partial charge in [0, 0.05) is 5.56 Å². The summed E-state index contributed by atoms with van der Waals surface area (Å²) in [7, 11) is 0. The van der Waals surface area contributed by atoms with Crippen molar-refractivity contribution in [2.45, 2.75) is 20.3 Å². The van der Waals surface area contributed by atoms with E-state index in [1.165, 1.54) is 11.9 Å². The van der Waals surface area contributed by atoms with E-state index in [1.54, 1.807) is 6.07 Å². The summed E-state index contributed by atoms with van der Waals surface area (Å²) in [5, 5.41) is 6.27. The molecule has 0 fully saturated rings. The van der Waals surface area contributed by atoms with E-state index < -0.39 is 0 Å². The number of benzene rings is 1. The third-order valence-corrected chi connectivity index (χ3v) is 2.46. The summed E-state index contributed by atoms with van der Waals surface area (Å²) >= 11 is 0. The van der Waals surface area contributed by atoms with Crippen LogP contribution in [0.5, 0.6) is 0 Å². The fourth-order valence-corrected chi connectivity index (χ4v) is 1.76. The molecule has 1 heterocycles. The number of rotatable bonds is 4. The lowest BCUT2D eigenvalue weighted by Crippen LogP contribution is -2.05. The number of aromatic nitrogens is 3. The van der Waals surface area contributed by atoms with E-state index in [1.807, 2.05) is 18.2 Å². The van der Waals surface area contributed by atoms with Crippen molar-refractivity contribution in [3.8, 4) is 0 Å². The Hall–Kier alpha value is -1.97. The Morgan fingerprint density at radius 2 is 2.24 bits per heavy atom. The highest BCUT2D eigenvalue weighted by Crippen LogP contribution is 2.12. The maximum Gasteiger partial charge on any atom is 0.229 e. The minimum Gasteiger partial charge on any atom is -0.285 e. The average Bonchev–Trinajstić information content (AvgIpc) is 2.81. The predicted octanol–water partition coefficient (Wildman–Crippen LogP) is 2.23. The van der Waals surface area contributed by atoms with Crippen LogP contribution in [-0.2, 0) is 6.42 Å². The molecule has 0 amide bonds. The van der Waals surface area contributed by atoms with Gasteiger partial charge >= 0.3 is 0 Å². The Morgan fingerprint density at radius 1 is 1.41 bits per heavy atom. The van der Waals surface area contributed by atoms with Crippen LogP contribution in [0.4, 0.5) is 0 Å². The predicted molar refractivity (Wildman–Crippen MR) is 64.8 cm³/mol. The molecule has 2 rings (SSSR count). The number of H-pyrrole nitrogens is 1. The number of nitrogens with zero attached hydrogens (tertiary/aromatic N) is 2. The van der Waals surface area contributed by atoms with Gasteiger partial charge in [0.1, 0.15) is 6.33 Å². The minimum atomic E-state index is -0.117. The van der Waals surface area contributed by atoms with Crippen molar-refractivity contribution in [3.05, 3.63) is 47.5 Å². The molecule has 0 atom stereocenters. The second-order valence-corrected chi connectivity index (χ2v) is 4.46. The second kappa shape index (κ2) is 4.91. The van der Waals surface area contributed by atoms with E-state index in [9.17, 15) is 4.79 Å². The van der Waals surface area contributed by atoms with Gasteiger partial charge in [-0.05, 0) is 24.0 Å². The number of hydrogen-bond acceptors (Lipinski definition) is 3. The van der Waals surface area contributed by atoms with Crippen LogP contribution >= 0.6 is 0 Å². The van der Waals surface area contributed by atoms with Crippen molar-refractivity contribution in [3.63, 3.8) is 0 Å². The Bertz CT molecular complexity index is 503. The molecule has 1 N–H and O–H groups in total. The van der Waals surface area contributed by atoms with Crippen molar-refractivity contribution >= 4 is 5.78 Å². The number of nitrogens with one attached hydrogen (secondary N) is 1. The third-order valence-electron chi connectivity index (χ3n) is 2.46. The molecule has 4 nitrogen and oxygen atoms in total. The molecule has 1 aromatic carbocycles. The van der Waals surface area contributed by atoms with Gasteiger partial charge in [-0.1, -0.05) is 32.0 Å². The quantitative estimate of drug-likeness (QED) is 0.818. The third kappa shape index (κ3) is 2.78. The normalized spacial score (nSPS) is 10.8. The van der Waals surface area contributed by atoms with Gasteiger partial charge in [0.25, 0.3) is 0 Å².